The highest BCUT2D eigenvalue weighted by atomic mass is 31.2. The van der Waals surface area contributed by atoms with E-state index in [4.69, 9.17) is 13.8 Å². The number of carbonyl (C=O) groups excluding carboxylic acids is 2. The van der Waals surface area contributed by atoms with Crippen LogP contribution in [0.15, 0.2) is 109 Å². The fourth-order valence-corrected chi connectivity index (χ4v) is 10.1. The van der Waals surface area contributed by atoms with Gasteiger partial charge in [-0.05, 0) is 122 Å². The molecule has 0 spiro atoms. The van der Waals surface area contributed by atoms with E-state index < -0.39 is 20.0 Å². The van der Waals surface area contributed by atoms with Gasteiger partial charge in [0.2, 0.25) is 5.91 Å². The van der Waals surface area contributed by atoms with E-state index >= 15 is 0 Å². The Bertz CT molecular complexity index is 1790. The van der Waals surface area contributed by atoms with Crippen molar-refractivity contribution in [3.63, 3.8) is 0 Å². The minimum Gasteiger partial charge on any atom is -0.456 e. The van der Waals surface area contributed by atoms with E-state index in [0.29, 0.717) is 23.9 Å². The summed E-state index contributed by atoms with van der Waals surface area (Å²) in [6, 6.07) is -0.870. The monoisotopic (exact) mass is 1180 g/mol. The Kier molecular flexibility index (Phi) is 59.3. The summed E-state index contributed by atoms with van der Waals surface area (Å²) in [5, 5.41) is 3.06. The van der Waals surface area contributed by atoms with Crippen LogP contribution in [0.4, 0.5) is 0 Å². The number of phosphoric ester groups is 1. The molecule has 0 bridgehead atoms. The summed E-state index contributed by atoms with van der Waals surface area (Å²) in [4.78, 5) is 37.9. The number of likely N-dealkylation sites (N-methyl/N-ethyl adjacent to an activating group) is 1. The van der Waals surface area contributed by atoms with E-state index in [1.54, 1.807) is 0 Å². The Hall–Kier alpha value is -3.33. The van der Waals surface area contributed by atoms with Crippen molar-refractivity contribution in [2.45, 2.75) is 303 Å². The predicted octanol–water partition coefficient (Wildman–Crippen LogP) is 21.7. The molecule has 1 amide bonds. The largest absolute Gasteiger partial charge is 0.472 e. The molecule has 0 radical (unpaired) electrons. The zero-order valence-corrected chi connectivity index (χ0v) is 55.6. The number of hydrogen-bond acceptors (Lipinski definition) is 6. The number of quaternary nitrogens is 1. The summed E-state index contributed by atoms with van der Waals surface area (Å²) in [7, 11) is 1.47. The van der Waals surface area contributed by atoms with Crippen LogP contribution in [0, 0.1) is 0 Å². The maximum absolute atomic E-state index is 13.6. The number of nitrogens with zero attached hydrogens (tertiary/aromatic N) is 1. The van der Waals surface area contributed by atoms with Crippen molar-refractivity contribution in [1.29, 1.82) is 0 Å². The number of ether oxygens (including phenoxy) is 1. The molecule has 478 valence electrons. The lowest BCUT2D eigenvalue weighted by atomic mass is 10.0. The Morgan fingerprint density at radius 1 is 0.422 bits per heavy atom. The first-order valence-electron chi connectivity index (χ1n) is 34.2. The summed E-state index contributed by atoms with van der Waals surface area (Å²) in [6.45, 7) is 6.94. The van der Waals surface area contributed by atoms with E-state index in [1.165, 1.54) is 128 Å². The van der Waals surface area contributed by atoms with Gasteiger partial charge in [0.15, 0.2) is 0 Å². The second kappa shape index (κ2) is 61.7. The smallest absolute Gasteiger partial charge is 0.456 e. The normalized spacial score (nSPS) is 14.3. The van der Waals surface area contributed by atoms with Crippen molar-refractivity contribution >= 4 is 19.7 Å². The molecule has 3 atom stereocenters. The molecule has 0 saturated carbocycles. The summed E-state index contributed by atoms with van der Waals surface area (Å²) in [5.41, 5.74) is 0. The van der Waals surface area contributed by atoms with Crippen molar-refractivity contribution in [1.82, 2.24) is 5.32 Å². The van der Waals surface area contributed by atoms with E-state index in [-0.39, 0.29) is 31.5 Å². The van der Waals surface area contributed by atoms with Crippen LogP contribution in [0.5, 0.6) is 0 Å². The Morgan fingerprint density at radius 2 is 0.735 bits per heavy atom. The first kappa shape index (κ1) is 79.7. The summed E-state index contributed by atoms with van der Waals surface area (Å²) in [6.07, 6.45) is 85.1. The van der Waals surface area contributed by atoms with Crippen LogP contribution >= 0.6 is 7.82 Å². The topological polar surface area (TPSA) is 111 Å². The lowest BCUT2D eigenvalue weighted by Crippen LogP contribution is -2.47. The quantitative estimate of drug-likeness (QED) is 0.0205. The first-order valence-corrected chi connectivity index (χ1v) is 35.7. The van der Waals surface area contributed by atoms with Gasteiger partial charge in [0, 0.05) is 12.8 Å². The predicted molar refractivity (Wildman–Crippen MR) is 360 cm³/mol. The number of hydrogen-bond donors (Lipinski definition) is 2. The first-order chi connectivity index (χ1) is 40.4. The Labute approximate surface area is 512 Å². The van der Waals surface area contributed by atoms with E-state index in [9.17, 15) is 19.0 Å². The van der Waals surface area contributed by atoms with Gasteiger partial charge in [-0.1, -0.05) is 265 Å². The number of esters is 1. The number of rotatable bonds is 61. The van der Waals surface area contributed by atoms with Gasteiger partial charge in [0.25, 0.3) is 0 Å². The van der Waals surface area contributed by atoms with E-state index in [2.05, 4.69) is 123 Å². The molecular weight excluding hydrogens is 1050 g/mol. The summed E-state index contributed by atoms with van der Waals surface area (Å²) in [5.74, 6) is -0.539. The number of allylic oxidation sites excluding steroid dienone is 17. The van der Waals surface area contributed by atoms with Crippen LogP contribution < -0.4 is 5.32 Å². The number of carbonyl (C=O) groups is 2. The zero-order chi connectivity index (χ0) is 60.7. The molecule has 3 unspecified atom stereocenters. The van der Waals surface area contributed by atoms with Crippen molar-refractivity contribution in [2.24, 2.45) is 0 Å². The summed E-state index contributed by atoms with van der Waals surface area (Å²) < 4.78 is 30.8. The molecule has 10 heteroatoms. The maximum atomic E-state index is 13.6. The van der Waals surface area contributed by atoms with Crippen LogP contribution in [0.1, 0.15) is 290 Å². The van der Waals surface area contributed by atoms with Gasteiger partial charge in [0.1, 0.15) is 19.3 Å². The molecule has 0 aliphatic rings. The third kappa shape index (κ3) is 63.0. The van der Waals surface area contributed by atoms with Gasteiger partial charge in [-0.25, -0.2) is 4.57 Å². The zero-order valence-electron chi connectivity index (χ0n) is 54.7. The molecule has 9 nitrogen and oxygen atoms in total. The number of amides is 1. The van der Waals surface area contributed by atoms with Gasteiger partial charge in [-0.15, -0.1) is 0 Å². The van der Waals surface area contributed by atoms with Crippen LogP contribution in [0.25, 0.3) is 0 Å². The van der Waals surface area contributed by atoms with Crippen LogP contribution in [-0.2, 0) is 27.9 Å². The van der Waals surface area contributed by atoms with Gasteiger partial charge >= 0.3 is 13.8 Å². The van der Waals surface area contributed by atoms with Crippen molar-refractivity contribution < 1.29 is 37.3 Å². The minimum absolute atomic E-state index is 0.0293. The molecule has 0 aliphatic heterocycles. The van der Waals surface area contributed by atoms with Crippen molar-refractivity contribution in [3.05, 3.63) is 109 Å². The lowest BCUT2D eigenvalue weighted by Gasteiger charge is -2.27. The third-order valence-electron chi connectivity index (χ3n) is 14.7. The fourth-order valence-electron chi connectivity index (χ4n) is 9.38. The lowest BCUT2D eigenvalue weighted by molar-refractivity contribution is -0.870. The highest BCUT2D eigenvalue weighted by Gasteiger charge is 2.30. The molecule has 83 heavy (non-hydrogen) atoms. The highest BCUT2D eigenvalue weighted by Crippen LogP contribution is 2.43. The standard InChI is InChI=1S/C73H129N2O7P/c1-7-10-13-16-19-22-25-28-30-32-34-36-37-39-40-42-44-47-50-53-56-59-62-65-72(76)74-70(69-81-83(78,79)80-68-67-75(4,5)6)71(64-61-58-55-52-49-46-27-24-21-18-15-12-9-3)82-73(77)66-63-60-57-54-51-48-45-43-41-38-35-33-31-29-26-23-20-17-14-11-8-2/h19-20,22-23,28-31,34-36,38-40,43,45,61,64,70-71H,7-18,21,24-27,32-33,37,41-42,44,46-60,62-63,65-69H2,1-6H3,(H-,74,76,78,79)/p+1/b22-19-,23-20-,30-28-,31-29-,36-34-,38-35-,40-39-,45-43-,64-61+. The number of unbranched alkanes of at least 4 members (excludes halogenated alkanes) is 29. The minimum atomic E-state index is -4.47. The average Bonchev–Trinajstić information content (AvgIpc) is 3.46. The second-order valence-corrected chi connectivity index (χ2v) is 25.4. The van der Waals surface area contributed by atoms with Crippen molar-refractivity contribution in [3.8, 4) is 0 Å². The van der Waals surface area contributed by atoms with Crippen LogP contribution in [0.2, 0.25) is 0 Å². The van der Waals surface area contributed by atoms with Crippen molar-refractivity contribution in [2.75, 3.05) is 40.9 Å². The van der Waals surface area contributed by atoms with Gasteiger partial charge in [0.05, 0.1) is 33.8 Å². The molecule has 0 saturated heterocycles. The Morgan fingerprint density at radius 3 is 1.12 bits per heavy atom. The molecule has 0 aromatic rings. The van der Waals surface area contributed by atoms with Crippen LogP contribution in [-0.4, -0.2) is 74.3 Å². The van der Waals surface area contributed by atoms with Crippen LogP contribution in [0.3, 0.4) is 0 Å². The molecule has 0 fully saturated rings. The number of phosphoric acid groups is 1. The highest BCUT2D eigenvalue weighted by molar-refractivity contribution is 7.47. The Balaban J connectivity index is 5.26. The molecule has 0 aromatic heterocycles. The average molecular weight is 1180 g/mol. The second-order valence-electron chi connectivity index (χ2n) is 24.0. The van der Waals surface area contributed by atoms with Gasteiger partial charge in [-0.3, -0.25) is 18.6 Å². The summed E-state index contributed by atoms with van der Waals surface area (Å²) >= 11 is 0. The van der Waals surface area contributed by atoms with E-state index in [1.807, 2.05) is 33.3 Å². The molecule has 0 rings (SSSR count). The molecule has 0 aromatic carbocycles. The molecular formula is C73H130N2O7P+. The van der Waals surface area contributed by atoms with Gasteiger partial charge < -0.3 is 19.4 Å². The third-order valence-corrected chi connectivity index (χ3v) is 15.7. The molecule has 2 N–H and O–H groups in total. The molecule has 0 heterocycles. The maximum Gasteiger partial charge on any atom is 0.472 e. The molecule has 0 aliphatic carbocycles. The SMILES string of the molecule is CCCCC/C=C\C/C=C\C/C=C\C/C=C\CCCCCCCCCC(=O)NC(COP(=O)(O)OCC[N+](C)(C)C)C(/C=C/CCCCCCCCCCCCC)OC(=O)CCCCCCC/C=C\C/C=C\C/C=C\C/C=C\CCCCC. The fraction of sp³-hybridized carbons (Fsp3) is 0.726. The number of nitrogens with one attached hydrogen (secondary N) is 1. The van der Waals surface area contributed by atoms with E-state index in [0.717, 1.165) is 122 Å². The van der Waals surface area contributed by atoms with Gasteiger partial charge in [-0.2, -0.15) is 0 Å².